The first kappa shape index (κ1) is 22.7. The van der Waals surface area contributed by atoms with Gasteiger partial charge in [0.05, 0.1) is 19.1 Å². The van der Waals surface area contributed by atoms with E-state index >= 15 is 0 Å². The average molecular weight is 452 g/mol. The molecule has 4 rings (SSSR count). The molecular weight excluding hydrogens is 418 g/mol. The summed E-state index contributed by atoms with van der Waals surface area (Å²) in [7, 11) is -3.60. The molecule has 3 aliphatic heterocycles. The summed E-state index contributed by atoms with van der Waals surface area (Å²) in [6.45, 7) is 5.15. The van der Waals surface area contributed by atoms with Gasteiger partial charge in [0, 0.05) is 45.6 Å². The number of ether oxygens (including phenoxy) is 2. The maximum atomic E-state index is 13.2. The van der Waals surface area contributed by atoms with Crippen LogP contribution in [-0.2, 0) is 37.4 Å². The molecule has 0 radical (unpaired) electrons. The second kappa shape index (κ2) is 9.54. The number of benzene rings is 1. The Morgan fingerprint density at radius 1 is 1.06 bits per heavy atom. The third kappa shape index (κ3) is 5.12. The molecule has 8 nitrogen and oxygen atoms in total. The summed E-state index contributed by atoms with van der Waals surface area (Å²) in [6.07, 6.45) is 3.46. The number of hydrogen-bond donors (Lipinski definition) is 1. The number of carbonyl (C=O) groups is 1. The summed E-state index contributed by atoms with van der Waals surface area (Å²) >= 11 is 0. The number of nitrogens with zero attached hydrogens (tertiary/aromatic N) is 2. The van der Waals surface area contributed by atoms with E-state index in [9.17, 15) is 13.2 Å². The van der Waals surface area contributed by atoms with E-state index in [4.69, 9.17) is 9.47 Å². The number of amides is 1. The summed E-state index contributed by atoms with van der Waals surface area (Å²) in [5, 5.41) is 2.98. The van der Waals surface area contributed by atoms with Crippen molar-refractivity contribution in [1.29, 1.82) is 0 Å². The number of hydrogen-bond acceptors (Lipinski definition) is 5. The van der Waals surface area contributed by atoms with Gasteiger partial charge in [-0.15, -0.1) is 0 Å². The molecule has 0 saturated carbocycles. The van der Waals surface area contributed by atoms with E-state index in [2.05, 4.69) is 24.4 Å². The van der Waals surface area contributed by atoms with E-state index in [0.29, 0.717) is 65.1 Å². The standard InChI is InChI=1S/C22H33N3O5S/c1-2-18-5-7-19(8-6-18)16-23-21(26)20-4-3-11-25(17-20)31(27,28)24-12-9-22(10-13-24)29-14-15-30-22/h5-8,20H,2-4,9-17H2,1H3,(H,23,26). The van der Waals surface area contributed by atoms with Crippen molar-refractivity contribution in [2.75, 3.05) is 39.4 Å². The van der Waals surface area contributed by atoms with Crippen LogP contribution in [0.5, 0.6) is 0 Å². The van der Waals surface area contributed by atoms with Crippen molar-refractivity contribution in [3.05, 3.63) is 35.4 Å². The van der Waals surface area contributed by atoms with Crippen molar-refractivity contribution in [3.63, 3.8) is 0 Å². The first-order chi connectivity index (χ1) is 14.9. The maximum Gasteiger partial charge on any atom is 0.282 e. The number of aryl methyl sites for hydroxylation is 1. The van der Waals surface area contributed by atoms with Crippen LogP contribution in [0.25, 0.3) is 0 Å². The van der Waals surface area contributed by atoms with Crippen LogP contribution in [0, 0.1) is 5.92 Å². The molecule has 3 heterocycles. The maximum absolute atomic E-state index is 13.2. The van der Waals surface area contributed by atoms with Gasteiger partial charge in [0.25, 0.3) is 10.2 Å². The van der Waals surface area contributed by atoms with Crippen molar-refractivity contribution in [2.45, 2.75) is 51.4 Å². The first-order valence-electron chi connectivity index (χ1n) is 11.3. The Bertz CT molecular complexity index is 858. The highest BCUT2D eigenvalue weighted by molar-refractivity contribution is 7.86. The van der Waals surface area contributed by atoms with Gasteiger partial charge in [-0.25, -0.2) is 0 Å². The number of rotatable bonds is 6. The fourth-order valence-electron chi connectivity index (χ4n) is 4.60. The second-order valence-electron chi connectivity index (χ2n) is 8.60. The van der Waals surface area contributed by atoms with Crippen LogP contribution in [-0.4, -0.2) is 68.1 Å². The van der Waals surface area contributed by atoms with E-state index in [0.717, 1.165) is 12.0 Å². The van der Waals surface area contributed by atoms with Gasteiger partial charge in [-0.1, -0.05) is 31.2 Å². The Labute approximate surface area is 185 Å². The van der Waals surface area contributed by atoms with Gasteiger partial charge in [-0.2, -0.15) is 17.0 Å². The highest BCUT2D eigenvalue weighted by atomic mass is 32.2. The number of piperidine rings is 2. The molecule has 1 aromatic rings. The van der Waals surface area contributed by atoms with Crippen LogP contribution in [0.1, 0.15) is 43.7 Å². The van der Waals surface area contributed by atoms with Crippen molar-refractivity contribution in [3.8, 4) is 0 Å². The van der Waals surface area contributed by atoms with Crippen LogP contribution >= 0.6 is 0 Å². The van der Waals surface area contributed by atoms with E-state index in [-0.39, 0.29) is 18.4 Å². The van der Waals surface area contributed by atoms with Gasteiger partial charge in [0.2, 0.25) is 5.91 Å². The minimum Gasteiger partial charge on any atom is -0.352 e. The smallest absolute Gasteiger partial charge is 0.282 e. The predicted octanol–water partition coefficient (Wildman–Crippen LogP) is 1.66. The fourth-order valence-corrected chi connectivity index (χ4v) is 6.30. The highest BCUT2D eigenvalue weighted by Crippen LogP contribution is 2.33. The predicted molar refractivity (Wildman–Crippen MR) is 116 cm³/mol. The summed E-state index contributed by atoms with van der Waals surface area (Å²) in [6, 6.07) is 8.19. The summed E-state index contributed by atoms with van der Waals surface area (Å²) in [4.78, 5) is 12.7. The van der Waals surface area contributed by atoms with Gasteiger partial charge in [-0.3, -0.25) is 4.79 Å². The molecular formula is C22H33N3O5S. The first-order valence-corrected chi connectivity index (χ1v) is 12.7. The quantitative estimate of drug-likeness (QED) is 0.711. The highest BCUT2D eigenvalue weighted by Gasteiger charge is 2.44. The lowest BCUT2D eigenvalue weighted by Gasteiger charge is -2.40. The Kier molecular flexibility index (Phi) is 6.98. The molecule has 0 bridgehead atoms. The van der Waals surface area contributed by atoms with Crippen molar-refractivity contribution >= 4 is 16.1 Å². The Morgan fingerprint density at radius 3 is 2.35 bits per heavy atom. The lowest BCUT2D eigenvalue weighted by atomic mass is 9.98. The molecule has 31 heavy (non-hydrogen) atoms. The monoisotopic (exact) mass is 451 g/mol. The Hall–Kier alpha value is -1.52. The van der Waals surface area contributed by atoms with E-state index in [1.807, 2.05) is 12.1 Å². The van der Waals surface area contributed by atoms with Gasteiger partial charge in [0.1, 0.15) is 0 Å². The summed E-state index contributed by atoms with van der Waals surface area (Å²) < 4.78 is 40.8. The van der Waals surface area contributed by atoms with Crippen LogP contribution in [0.15, 0.2) is 24.3 Å². The minimum atomic E-state index is -3.60. The van der Waals surface area contributed by atoms with Crippen molar-refractivity contribution < 1.29 is 22.7 Å². The van der Waals surface area contributed by atoms with Crippen LogP contribution in [0.2, 0.25) is 0 Å². The molecule has 1 aromatic carbocycles. The SMILES string of the molecule is CCc1ccc(CNC(=O)C2CCCN(S(=O)(=O)N3CCC4(CC3)OCCO4)C2)cc1. The second-order valence-corrected chi connectivity index (χ2v) is 10.5. The fraction of sp³-hybridized carbons (Fsp3) is 0.682. The summed E-state index contributed by atoms with van der Waals surface area (Å²) in [5.41, 5.74) is 2.31. The lowest BCUT2D eigenvalue weighted by Crippen LogP contribution is -2.54. The van der Waals surface area contributed by atoms with Gasteiger partial charge in [-0.05, 0) is 30.4 Å². The topological polar surface area (TPSA) is 88.2 Å². The van der Waals surface area contributed by atoms with Gasteiger partial charge < -0.3 is 14.8 Å². The zero-order chi connectivity index (χ0) is 21.9. The molecule has 3 saturated heterocycles. The molecule has 9 heteroatoms. The molecule has 3 aliphatic rings. The molecule has 0 aromatic heterocycles. The van der Waals surface area contributed by atoms with Crippen LogP contribution in [0.4, 0.5) is 0 Å². The van der Waals surface area contributed by atoms with Crippen molar-refractivity contribution in [1.82, 2.24) is 13.9 Å². The molecule has 172 valence electrons. The minimum absolute atomic E-state index is 0.0789. The zero-order valence-electron chi connectivity index (χ0n) is 18.2. The summed E-state index contributed by atoms with van der Waals surface area (Å²) in [5.74, 6) is -1.01. The van der Waals surface area contributed by atoms with Gasteiger partial charge >= 0.3 is 0 Å². The van der Waals surface area contributed by atoms with Crippen LogP contribution in [0.3, 0.4) is 0 Å². The molecule has 1 amide bonds. The average Bonchev–Trinajstić information content (AvgIpc) is 3.26. The number of carbonyl (C=O) groups excluding carboxylic acids is 1. The molecule has 1 spiro atoms. The molecule has 3 fully saturated rings. The number of nitrogens with one attached hydrogen (secondary N) is 1. The third-order valence-corrected chi connectivity index (χ3v) is 8.61. The molecule has 1 atom stereocenters. The normalized spacial score (nSPS) is 25.0. The van der Waals surface area contributed by atoms with Crippen molar-refractivity contribution in [2.24, 2.45) is 5.92 Å². The molecule has 1 N–H and O–H groups in total. The Morgan fingerprint density at radius 2 is 1.71 bits per heavy atom. The largest absolute Gasteiger partial charge is 0.352 e. The van der Waals surface area contributed by atoms with Crippen LogP contribution < -0.4 is 5.32 Å². The lowest BCUT2D eigenvalue weighted by molar-refractivity contribution is -0.179. The van der Waals surface area contributed by atoms with E-state index in [1.165, 1.54) is 14.2 Å². The zero-order valence-corrected chi connectivity index (χ0v) is 19.0. The molecule has 0 aliphatic carbocycles. The molecule has 1 unspecified atom stereocenters. The van der Waals surface area contributed by atoms with E-state index in [1.54, 1.807) is 0 Å². The van der Waals surface area contributed by atoms with E-state index < -0.39 is 16.0 Å². The Balaban J connectivity index is 1.31. The third-order valence-electron chi connectivity index (χ3n) is 6.60. The van der Waals surface area contributed by atoms with Gasteiger partial charge in [0.15, 0.2) is 5.79 Å².